The Kier molecular flexibility index (Phi) is 7.20. The van der Waals surface area contributed by atoms with Crippen molar-refractivity contribution in [1.29, 1.82) is 0 Å². The predicted octanol–water partition coefficient (Wildman–Crippen LogP) is 4.14. The first-order chi connectivity index (χ1) is 14.9. The van der Waals surface area contributed by atoms with Crippen LogP contribution in [0.4, 0.5) is 0 Å². The monoisotopic (exact) mass is 423 g/mol. The summed E-state index contributed by atoms with van der Waals surface area (Å²) >= 11 is 0. The quantitative estimate of drug-likeness (QED) is 0.408. The third-order valence-corrected chi connectivity index (χ3v) is 4.75. The molecule has 1 atom stereocenters. The largest absolute Gasteiger partial charge is 0.479 e. The van der Waals surface area contributed by atoms with Gasteiger partial charge in [0.15, 0.2) is 6.10 Å². The molecular formula is C24H25NO6. The molecule has 0 saturated carbocycles. The van der Waals surface area contributed by atoms with Gasteiger partial charge in [0.1, 0.15) is 11.5 Å². The van der Waals surface area contributed by atoms with E-state index in [1.165, 1.54) is 0 Å². The van der Waals surface area contributed by atoms with Gasteiger partial charge in [-0.2, -0.15) is 0 Å². The maximum Gasteiger partial charge on any atom is 0.333 e. The van der Waals surface area contributed by atoms with E-state index in [0.717, 1.165) is 16.7 Å². The number of carbonyl (C=O) groups is 2. The van der Waals surface area contributed by atoms with Gasteiger partial charge in [0.05, 0.1) is 12.1 Å². The third kappa shape index (κ3) is 5.79. The van der Waals surface area contributed by atoms with Crippen molar-refractivity contribution in [2.24, 2.45) is 0 Å². The molecule has 31 heavy (non-hydrogen) atoms. The standard InChI is InChI=1S/C24H25NO6/c1-4-29-21(24(27)28)13-17-10-11-20(15(2)12-17)31-22(26)14-19-16(3)30-23(25-19)18-8-6-5-7-9-18/h5-12,21H,4,13-14H2,1-3H3,(H,27,28). The minimum absolute atomic E-state index is 0.0191. The Morgan fingerprint density at radius 1 is 1.13 bits per heavy atom. The topological polar surface area (TPSA) is 98.9 Å². The van der Waals surface area contributed by atoms with Crippen LogP contribution in [0, 0.1) is 13.8 Å². The van der Waals surface area contributed by atoms with Crippen LogP contribution in [0.25, 0.3) is 11.5 Å². The number of carboxylic acid groups (broad SMARTS) is 1. The molecule has 7 heteroatoms. The fourth-order valence-corrected chi connectivity index (χ4v) is 3.18. The van der Waals surface area contributed by atoms with E-state index < -0.39 is 18.0 Å². The highest BCUT2D eigenvalue weighted by atomic mass is 16.5. The van der Waals surface area contributed by atoms with Crippen molar-refractivity contribution in [3.8, 4) is 17.2 Å². The summed E-state index contributed by atoms with van der Waals surface area (Å²) in [5.74, 6) is -0.0128. The van der Waals surface area contributed by atoms with Crippen molar-refractivity contribution in [2.45, 2.75) is 39.7 Å². The highest BCUT2D eigenvalue weighted by molar-refractivity contribution is 5.75. The van der Waals surface area contributed by atoms with E-state index in [0.29, 0.717) is 29.7 Å². The van der Waals surface area contributed by atoms with Gasteiger partial charge in [-0.25, -0.2) is 9.78 Å². The van der Waals surface area contributed by atoms with Crippen LogP contribution in [0.2, 0.25) is 0 Å². The summed E-state index contributed by atoms with van der Waals surface area (Å²) in [5.41, 5.74) is 2.88. The lowest BCUT2D eigenvalue weighted by atomic mass is 10.0. The summed E-state index contributed by atoms with van der Waals surface area (Å²) in [4.78, 5) is 28.2. The number of hydrogen-bond acceptors (Lipinski definition) is 6. The summed E-state index contributed by atoms with van der Waals surface area (Å²) in [6, 6.07) is 14.7. The summed E-state index contributed by atoms with van der Waals surface area (Å²) in [6.07, 6.45) is -0.695. The second-order valence-electron chi connectivity index (χ2n) is 7.12. The number of nitrogens with zero attached hydrogens (tertiary/aromatic N) is 1. The number of carboxylic acids is 1. The lowest BCUT2D eigenvalue weighted by Crippen LogP contribution is -2.26. The number of rotatable bonds is 9. The van der Waals surface area contributed by atoms with Gasteiger partial charge < -0.3 is 19.0 Å². The second kappa shape index (κ2) is 10.0. The Hall–Kier alpha value is -3.45. The number of benzene rings is 2. The zero-order chi connectivity index (χ0) is 22.4. The van der Waals surface area contributed by atoms with E-state index in [9.17, 15) is 14.7 Å². The Morgan fingerprint density at radius 3 is 2.52 bits per heavy atom. The number of aliphatic carboxylic acids is 1. The van der Waals surface area contributed by atoms with Gasteiger partial charge in [0, 0.05) is 18.6 Å². The summed E-state index contributed by atoms with van der Waals surface area (Å²) in [5, 5.41) is 9.24. The molecule has 0 radical (unpaired) electrons. The summed E-state index contributed by atoms with van der Waals surface area (Å²) < 4.78 is 16.4. The lowest BCUT2D eigenvalue weighted by molar-refractivity contribution is -0.150. The zero-order valence-electron chi connectivity index (χ0n) is 17.8. The Morgan fingerprint density at radius 2 is 1.87 bits per heavy atom. The molecule has 0 aliphatic heterocycles. The first-order valence-corrected chi connectivity index (χ1v) is 10.0. The fourth-order valence-electron chi connectivity index (χ4n) is 3.18. The molecule has 1 heterocycles. The lowest BCUT2D eigenvalue weighted by Gasteiger charge is -2.14. The smallest absolute Gasteiger partial charge is 0.333 e. The molecule has 0 saturated heterocycles. The SMILES string of the molecule is CCOC(Cc1ccc(OC(=O)Cc2nc(-c3ccccc3)oc2C)c(C)c1)C(=O)O. The zero-order valence-corrected chi connectivity index (χ0v) is 17.8. The number of oxazole rings is 1. The molecular weight excluding hydrogens is 398 g/mol. The number of aromatic nitrogens is 1. The van der Waals surface area contributed by atoms with E-state index in [-0.39, 0.29) is 12.8 Å². The van der Waals surface area contributed by atoms with Crippen molar-refractivity contribution in [1.82, 2.24) is 4.98 Å². The first-order valence-electron chi connectivity index (χ1n) is 10.0. The molecule has 1 unspecified atom stereocenters. The van der Waals surface area contributed by atoms with E-state index in [1.54, 1.807) is 39.0 Å². The van der Waals surface area contributed by atoms with E-state index in [4.69, 9.17) is 13.9 Å². The Balaban J connectivity index is 1.66. The normalized spacial score (nSPS) is 11.8. The first kappa shape index (κ1) is 22.2. The molecule has 7 nitrogen and oxygen atoms in total. The van der Waals surface area contributed by atoms with E-state index in [2.05, 4.69) is 4.98 Å². The molecule has 1 aromatic heterocycles. The molecule has 0 aliphatic carbocycles. The molecule has 0 bridgehead atoms. The van der Waals surface area contributed by atoms with Crippen molar-refractivity contribution in [2.75, 3.05) is 6.61 Å². The van der Waals surface area contributed by atoms with Gasteiger partial charge in [0.25, 0.3) is 0 Å². The summed E-state index contributed by atoms with van der Waals surface area (Å²) in [6.45, 7) is 5.64. The van der Waals surface area contributed by atoms with Crippen LogP contribution in [0.3, 0.4) is 0 Å². The molecule has 2 aromatic carbocycles. The van der Waals surface area contributed by atoms with Gasteiger partial charge >= 0.3 is 11.9 Å². The van der Waals surface area contributed by atoms with Gasteiger partial charge in [-0.15, -0.1) is 0 Å². The average molecular weight is 423 g/mol. The van der Waals surface area contributed by atoms with E-state index in [1.807, 2.05) is 30.3 Å². The molecule has 0 spiro atoms. The van der Waals surface area contributed by atoms with Gasteiger partial charge in [-0.1, -0.05) is 30.3 Å². The molecule has 3 rings (SSSR count). The van der Waals surface area contributed by atoms with Gasteiger partial charge in [0.2, 0.25) is 5.89 Å². The molecule has 0 aliphatic rings. The third-order valence-electron chi connectivity index (χ3n) is 4.75. The molecule has 0 fully saturated rings. The van der Waals surface area contributed by atoms with Gasteiger partial charge in [-0.3, -0.25) is 4.79 Å². The highest BCUT2D eigenvalue weighted by Crippen LogP contribution is 2.24. The number of hydrogen-bond donors (Lipinski definition) is 1. The Bertz CT molecular complexity index is 1060. The number of ether oxygens (including phenoxy) is 2. The van der Waals surface area contributed by atoms with E-state index >= 15 is 0 Å². The number of aryl methyl sites for hydroxylation is 2. The minimum atomic E-state index is -1.01. The molecule has 0 amide bonds. The van der Waals surface area contributed by atoms with Crippen LogP contribution in [0.15, 0.2) is 52.9 Å². The van der Waals surface area contributed by atoms with Crippen molar-refractivity contribution < 1.29 is 28.6 Å². The van der Waals surface area contributed by atoms with Gasteiger partial charge in [-0.05, 0) is 50.1 Å². The molecule has 3 aromatic rings. The van der Waals surface area contributed by atoms with Crippen molar-refractivity contribution >= 4 is 11.9 Å². The highest BCUT2D eigenvalue weighted by Gasteiger charge is 2.19. The van der Waals surface area contributed by atoms with Crippen LogP contribution in [-0.2, 0) is 27.2 Å². The molecule has 162 valence electrons. The minimum Gasteiger partial charge on any atom is -0.479 e. The van der Waals surface area contributed by atoms with Crippen LogP contribution in [-0.4, -0.2) is 34.7 Å². The van der Waals surface area contributed by atoms with Crippen LogP contribution in [0.1, 0.15) is 29.5 Å². The number of carbonyl (C=O) groups excluding carboxylic acids is 1. The Labute approximate surface area is 180 Å². The average Bonchev–Trinajstić information content (AvgIpc) is 3.10. The van der Waals surface area contributed by atoms with Crippen LogP contribution >= 0.6 is 0 Å². The maximum absolute atomic E-state index is 12.5. The summed E-state index contributed by atoms with van der Waals surface area (Å²) in [7, 11) is 0. The van der Waals surface area contributed by atoms with Crippen LogP contribution < -0.4 is 4.74 Å². The van der Waals surface area contributed by atoms with Crippen LogP contribution in [0.5, 0.6) is 5.75 Å². The van der Waals surface area contributed by atoms with Crippen molar-refractivity contribution in [3.05, 3.63) is 71.1 Å². The predicted molar refractivity (Wildman–Crippen MR) is 114 cm³/mol. The second-order valence-corrected chi connectivity index (χ2v) is 7.12. The van der Waals surface area contributed by atoms with Crippen molar-refractivity contribution in [3.63, 3.8) is 0 Å². The number of esters is 1. The fraction of sp³-hybridized carbons (Fsp3) is 0.292. The molecule has 1 N–H and O–H groups in total. The maximum atomic E-state index is 12.5.